The Kier molecular flexibility index (Phi) is 6.20. The summed E-state index contributed by atoms with van der Waals surface area (Å²) in [5.41, 5.74) is -0.0618. The fraction of sp³-hybridized carbons (Fsp3) is 0.261. The first-order chi connectivity index (χ1) is 14.2. The standard InChI is InChI=1S/C23H23NO6/c1-23(2,3)30-22(27)24-18(13-15-7-5-4-6-8-15)21(26)28-17-11-9-16-10-12-20(25)29-19(16)14-17/h4-12,14,18H,13H2,1-3H3,(H,24,27)/t18-/m0/s1. The molecule has 1 N–H and O–H groups in total. The number of fused-ring (bicyclic) bond motifs is 1. The third kappa shape index (κ3) is 5.94. The molecule has 1 amide bonds. The molecule has 0 saturated carbocycles. The van der Waals surface area contributed by atoms with Gasteiger partial charge in [-0.25, -0.2) is 14.4 Å². The maximum absolute atomic E-state index is 12.8. The van der Waals surface area contributed by atoms with Crippen LogP contribution in [0.1, 0.15) is 26.3 Å². The maximum atomic E-state index is 12.8. The van der Waals surface area contributed by atoms with Gasteiger partial charge in [0.1, 0.15) is 23.0 Å². The van der Waals surface area contributed by atoms with Crippen molar-refractivity contribution in [2.45, 2.75) is 38.8 Å². The van der Waals surface area contributed by atoms with Crippen molar-refractivity contribution in [1.82, 2.24) is 5.32 Å². The Labute approximate surface area is 173 Å². The SMILES string of the molecule is CC(C)(C)OC(=O)N[C@@H](Cc1ccccc1)C(=O)Oc1ccc2ccc(=O)oc2c1. The van der Waals surface area contributed by atoms with Gasteiger partial charge in [-0.1, -0.05) is 30.3 Å². The van der Waals surface area contributed by atoms with E-state index in [4.69, 9.17) is 13.9 Å². The summed E-state index contributed by atoms with van der Waals surface area (Å²) in [6.45, 7) is 5.21. The Bertz CT molecular complexity index is 1100. The lowest BCUT2D eigenvalue weighted by molar-refractivity contribution is -0.136. The quantitative estimate of drug-likeness (QED) is 0.391. The minimum absolute atomic E-state index is 0.200. The van der Waals surface area contributed by atoms with Gasteiger partial charge in [0.2, 0.25) is 0 Å². The van der Waals surface area contributed by atoms with Gasteiger partial charge in [-0.05, 0) is 44.5 Å². The average molecular weight is 409 g/mol. The third-order valence-electron chi connectivity index (χ3n) is 4.07. The monoisotopic (exact) mass is 409 g/mol. The number of alkyl carbamates (subject to hydrolysis) is 1. The summed E-state index contributed by atoms with van der Waals surface area (Å²) in [5, 5.41) is 3.28. The highest BCUT2D eigenvalue weighted by atomic mass is 16.6. The molecule has 156 valence electrons. The van der Waals surface area contributed by atoms with E-state index in [1.54, 1.807) is 39.0 Å². The summed E-state index contributed by atoms with van der Waals surface area (Å²) < 4.78 is 15.8. The molecule has 0 aliphatic carbocycles. The molecule has 0 radical (unpaired) electrons. The molecule has 1 atom stereocenters. The van der Waals surface area contributed by atoms with Gasteiger partial charge in [-0.2, -0.15) is 0 Å². The predicted molar refractivity (Wildman–Crippen MR) is 111 cm³/mol. The van der Waals surface area contributed by atoms with Crippen molar-refractivity contribution < 1.29 is 23.5 Å². The summed E-state index contributed by atoms with van der Waals surface area (Å²) in [7, 11) is 0. The summed E-state index contributed by atoms with van der Waals surface area (Å²) in [4.78, 5) is 36.5. The zero-order valence-corrected chi connectivity index (χ0v) is 17.0. The van der Waals surface area contributed by atoms with E-state index in [1.165, 1.54) is 12.1 Å². The topological polar surface area (TPSA) is 94.8 Å². The first kappa shape index (κ1) is 21.1. The van der Waals surface area contributed by atoms with Crippen molar-refractivity contribution >= 4 is 23.0 Å². The first-order valence-corrected chi connectivity index (χ1v) is 9.49. The molecule has 0 aliphatic heterocycles. The molecule has 2 aromatic carbocycles. The van der Waals surface area contributed by atoms with Crippen LogP contribution in [0.4, 0.5) is 4.79 Å². The number of hydrogen-bond acceptors (Lipinski definition) is 6. The van der Waals surface area contributed by atoms with E-state index in [0.29, 0.717) is 11.0 Å². The number of benzene rings is 2. The fourth-order valence-electron chi connectivity index (χ4n) is 2.78. The van der Waals surface area contributed by atoms with E-state index < -0.39 is 29.3 Å². The molecule has 7 nitrogen and oxygen atoms in total. The summed E-state index contributed by atoms with van der Waals surface area (Å²) in [6, 6.07) is 15.9. The molecule has 30 heavy (non-hydrogen) atoms. The van der Waals surface area contributed by atoms with Crippen LogP contribution in [0.5, 0.6) is 5.75 Å². The Morgan fingerprint density at radius 1 is 1.03 bits per heavy atom. The minimum Gasteiger partial charge on any atom is -0.444 e. The van der Waals surface area contributed by atoms with Crippen LogP contribution < -0.4 is 15.7 Å². The van der Waals surface area contributed by atoms with Gasteiger partial charge in [-0.15, -0.1) is 0 Å². The Hall–Kier alpha value is -3.61. The van der Waals surface area contributed by atoms with Gasteiger partial charge in [0.15, 0.2) is 0 Å². The van der Waals surface area contributed by atoms with E-state index in [2.05, 4.69) is 5.32 Å². The minimum atomic E-state index is -0.972. The zero-order chi connectivity index (χ0) is 21.7. The highest BCUT2D eigenvalue weighted by Gasteiger charge is 2.26. The number of ether oxygens (including phenoxy) is 2. The van der Waals surface area contributed by atoms with Crippen LogP contribution in [0.2, 0.25) is 0 Å². The molecule has 3 aromatic rings. The van der Waals surface area contributed by atoms with Crippen molar-refractivity contribution in [2.75, 3.05) is 0 Å². The number of carbonyl (C=O) groups excluding carboxylic acids is 2. The fourth-order valence-corrected chi connectivity index (χ4v) is 2.78. The molecule has 0 aliphatic rings. The predicted octanol–water partition coefficient (Wildman–Crippen LogP) is 3.83. The smallest absolute Gasteiger partial charge is 0.408 e. The zero-order valence-electron chi connectivity index (χ0n) is 17.0. The second-order valence-corrected chi connectivity index (χ2v) is 7.76. The number of nitrogens with one attached hydrogen (secondary N) is 1. The van der Waals surface area contributed by atoms with Gasteiger partial charge < -0.3 is 19.2 Å². The van der Waals surface area contributed by atoms with Gasteiger partial charge in [-0.3, -0.25) is 0 Å². The summed E-state index contributed by atoms with van der Waals surface area (Å²) in [6.07, 6.45) is -0.494. The molecule has 1 aromatic heterocycles. The van der Waals surface area contributed by atoms with Crippen molar-refractivity contribution in [1.29, 1.82) is 0 Å². The lowest BCUT2D eigenvalue weighted by Crippen LogP contribution is -2.46. The molecule has 3 rings (SSSR count). The number of hydrogen-bond donors (Lipinski definition) is 1. The lowest BCUT2D eigenvalue weighted by Gasteiger charge is -2.23. The van der Waals surface area contributed by atoms with E-state index in [9.17, 15) is 14.4 Å². The molecular formula is C23H23NO6. The normalized spacial score (nSPS) is 12.2. The van der Waals surface area contributed by atoms with Crippen molar-refractivity contribution in [2.24, 2.45) is 0 Å². The van der Waals surface area contributed by atoms with Gasteiger partial charge in [0, 0.05) is 23.9 Å². The van der Waals surface area contributed by atoms with Crippen LogP contribution >= 0.6 is 0 Å². The molecule has 0 saturated heterocycles. The van der Waals surface area contributed by atoms with Crippen molar-refractivity contribution in [3.8, 4) is 5.75 Å². The van der Waals surface area contributed by atoms with E-state index >= 15 is 0 Å². The average Bonchev–Trinajstić information content (AvgIpc) is 2.66. The summed E-state index contributed by atoms with van der Waals surface area (Å²) in [5.74, 6) is -0.465. The lowest BCUT2D eigenvalue weighted by atomic mass is 10.1. The Morgan fingerprint density at radius 3 is 2.43 bits per heavy atom. The Balaban J connectivity index is 1.79. The van der Waals surface area contributed by atoms with E-state index in [-0.39, 0.29) is 12.2 Å². The molecule has 0 spiro atoms. The number of carbonyl (C=O) groups is 2. The van der Waals surface area contributed by atoms with Gasteiger partial charge >= 0.3 is 17.7 Å². The van der Waals surface area contributed by atoms with Crippen molar-refractivity contribution in [3.63, 3.8) is 0 Å². The molecule has 7 heteroatoms. The van der Waals surface area contributed by atoms with Crippen LogP contribution in [0.25, 0.3) is 11.0 Å². The molecule has 0 fully saturated rings. The second kappa shape index (κ2) is 8.82. The van der Waals surface area contributed by atoms with Crippen molar-refractivity contribution in [3.05, 3.63) is 76.6 Å². The van der Waals surface area contributed by atoms with Crippen LogP contribution in [0, 0.1) is 0 Å². The number of amides is 1. The molecular weight excluding hydrogens is 386 g/mol. The van der Waals surface area contributed by atoms with Gasteiger partial charge in [0.25, 0.3) is 0 Å². The number of rotatable bonds is 5. The number of esters is 1. The highest BCUT2D eigenvalue weighted by Crippen LogP contribution is 2.20. The maximum Gasteiger partial charge on any atom is 0.408 e. The third-order valence-corrected chi connectivity index (χ3v) is 4.07. The van der Waals surface area contributed by atoms with Crippen LogP contribution in [-0.2, 0) is 16.0 Å². The van der Waals surface area contributed by atoms with Gasteiger partial charge in [0.05, 0.1) is 0 Å². The van der Waals surface area contributed by atoms with E-state index in [0.717, 1.165) is 5.56 Å². The largest absolute Gasteiger partial charge is 0.444 e. The van der Waals surface area contributed by atoms with Crippen LogP contribution in [0.15, 0.2) is 69.9 Å². The molecule has 0 bridgehead atoms. The first-order valence-electron chi connectivity index (χ1n) is 9.49. The highest BCUT2D eigenvalue weighted by molar-refractivity contribution is 5.84. The molecule has 0 unspecified atom stereocenters. The summed E-state index contributed by atoms with van der Waals surface area (Å²) >= 11 is 0. The van der Waals surface area contributed by atoms with E-state index in [1.807, 2.05) is 30.3 Å². The Morgan fingerprint density at radius 2 is 1.73 bits per heavy atom. The van der Waals surface area contributed by atoms with Crippen LogP contribution in [0.3, 0.4) is 0 Å². The van der Waals surface area contributed by atoms with Crippen LogP contribution in [-0.4, -0.2) is 23.7 Å². The second-order valence-electron chi connectivity index (χ2n) is 7.76. The molecule has 1 heterocycles.